The van der Waals surface area contributed by atoms with E-state index in [2.05, 4.69) is 5.32 Å². The number of anilines is 3. The quantitative estimate of drug-likeness (QED) is 0.734. The van der Waals surface area contributed by atoms with Gasteiger partial charge in [-0.2, -0.15) is 5.26 Å². The van der Waals surface area contributed by atoms with E-state index in [1.54, 1.807) is 24.3 Å². The van der Waals surface area contributed by atoms with E-state index in [0.717, 1.165) is 5.39 Å². The number of hydrogen-bond acceptors (Lipinski definition) is 4. The van der Waals surface area contributed by atoms with Gasteiger partial charge < -0.3 is 15.5 Å². The summed E-state index contributed by atoms with van der Waals surface area (Å²) >= 11 is 5.75. The van der Waals surface area contributed by atoms with Crippen molar-refractivity contribution in [3.05, 3.63) is 52.8 Å². The topological polar surface area (TPSA) is 75.0 Å². The van der Waals surface area contributed by atoms with Crippen molar-refractivity contribution in [2.45, 2.75) is 0 Å². The maximum atomic E-state index is 13.2. The van der Waals surface area contributed by atoms with Gasteiger partial charge in [0.15, 0.2) is 0 Å². The van der Waals surface area contributed by atoms with Crippen LogP contribution < -0.4 is 11.1 Å². The molecular formula is C15H9ClFN3O. The summed E-state index contributed by atoms with van der Waals surface area (Å²) in [7, 11) is 0. The Balaban J connectivity index is 2.06. The number of halogens is 2. The Bertz CT molecular complexity index is 882. The van der Waals surface area contributed by atoms with E-state index in [9.17, 15) is 4.39 Å². The van der Waals surface area contributed by atoms with Crippen LogP contribution in [-0.4, -0.2) is 0 Å². The minimum atomic E-state index is -0.495. The second-order valence-corrected chi connectivity index (χ2v) is 4.83. The molecule has 3 N–H and O–H groups in total. The summed E-state index contributed by atoms with van der Waals surface area (Å²) in [5.41, 5.74) is 7.96. The van der Waals surface area contributed by atoms with Crippen molar-refractivity contribution >= 4 is 39.8 Å². The average molecular weight is 302 g/mol. The highest BCUT2D eigenvalue weighted by Crippen LogP contribution is 2.36. The van der Waals surface area contributed by atoms with Gasteiger partial charge in [0, 0.05) is 11.1 Å². The molecule has 0 unspecified atom stereocenters. The van der Waals surface area contributed by atoms with Gasteiger partial charge in [0.25, 0.3) is 0 Å². The molecule has 0 amide bonds. The van der Waals surface area contributed by atoms with E-state index in [1.807, 2.05) is 6.07 Å². The summed E-state index contributed by atoms with van der Waals surface area (Å²) in [6.45, 7) is 0. The standard InChI is InChI=1S/C15H9ClFN3O/c16-11-6-9(2-4-12(11)17)20-14-10-3-1-8(7-18)5-13(10)21-15(14)19/h1-6,20H,19H2. The first kappa shape index (κ1) is 13.3. The van der Waals surface area contributed by atoms with E-state index in [1.165, 1.54) is 12.1 Å². The molecule has 6 heteroatoms. The predicted octanol–water partition coefficient (Wildman–Crippen LogP) is 4.42. The van der Waals surface area contributed by atoms with Crippen LogP contribution in [0, 0.1) is 17.1 Å². The Morgan fingerprint density at radius 2 is 2.05 bits per heavy atom. The monoisotopic (exact) mass is 301 g/mol. The second-order valence-electron chi connectivity index (χ2n) is 4.42. The van der Waals surface area contributed by atoms with Gasteiger partial charge in [0.1, 0.15) is 17.1 Å². The van der Waals surface area contributed by atoms with Crippen molar-refractivity contribution in [1.29, 1.82) is 5.26 Å². The minimum Gasteiger partial charge on any atom is -0.439 e. The Hall–Kier alpha value is -2.71. The number of nitriles is 1. The van der Waals surface area contributed by atoms with Gasteiger partial charge in [-0.1, -0.05) is 11.6 Å². The Morgan fingerprint density at radius 1 is 1.24 bits per heavy atom. The maximum absolute atomic E-state index is 13.2. The SMILES string of the molecule is N#Cc1ccc2c(Nc3ccc(F)c(Cl)c3)c(N)oc2c1. The number of fused-ring (bicyclic) bond motifs is 1. The minimum absolute atomic E-state index is 0.0122. The molecule has 0 atom stereocenters. The number of nitrogen functional groups attached to an aromatic ring is 1. The summed E-state index contributed by atoms with van der Waals surface area (Å²) in [4.78, 5) is 0. The number of furan rings is 1. The molecule has 0 fully saturated rings. The van der Waals surface area contributed by atoms with E-state index in [4.69, 9.17) is 27.0 Å². The van der Waals surface area contributed by atoms with Crippen molar-refractivity contribution in [3.8, 4) is 6.07 Å². The number of nitrogens with one attached hydrogen (secondary N) is 1. The number of rotatable bonds is 2. The first-order valence-electron chi connectivity index (χ1n) is 6.02. The first-order valence-corrected chi connectivity index (χ1v) is 6.40. The van der Waals surface area contributed by atoms with E-state index in [-0.39, 0.29) is 10.9 Å². The summed E-state index contributed by atoms with van der Waals surface area (Å²) in [5, 5.41) is 12.7. The van der Waals surface area contributed by atoms with Gasteiger partial charge in [0.2, 0.25) is 5.88 Å². The number of nitrogens with zero attached hydrogens (tertiary/aromatic N) is 1. The Labute approximate surface area is 124 Å². The van der Waals surface area contributed by atoms with Crippen LogP contribution in [0.1, 0.15) is 5.56 Å². The van der Waals surface area contributed by atoms with Gasteiger partial charge in [-0.3, -0.25) is 0 Å². The fourth-order valence-corrected chi connectivity index (χ4v) is 2.21. The second kappa shape index (κ2) is 5.00. The average Bonchev–Trinajstić information content (AvgIpc) is 2.78. The molecule has 104 valence electrons. The normalized spacial score (nSPS) is 10.5. The van der Waals surface area contributed by atoms with E-state index in [0.29, 0.717) is 22.5 Å². The molecule has 0 saturated heterocycles. The van der Waals surface area contributed by atoms with Crippen LogP contribution in [0.4, 0.5) is 21.6 Å². The lowest BCUT2D eigenvalue weighted by Crippen LogP contribution is -1.94. The number of benzene rings is 2. The molecule has 3 rings (SSSR count). The lowest BCUT2D eigenvalue weighted by atomic mass is 10.1. The van der Waals surface area contributed by atoms with Crippen molar-refractivity contribution in [2.75, 3.05) is 11.1 Å². The fourth-order valence-electron chi connectivity index (χ4n) is 2.03. The molecule has 2 aromatic carbocycles. The summed E-state index contributed by atoms with van der Waals surface area (Å²) in [6, 6.07) is 11.3. The third-order valence-electron chi connectivity index (χ3n) is 3.04. The highest BCUT2D eigenvalue weighted by molar-refractivity contribution is 6.31. The lowest BCUT2D eigenvalue weighted by Gasteiger charge is -2.06. The molecule has 1 aromatic heterocycles. The van der Waals surface area contributed by atoms with Crippen LogP contribution in [0.5, 0.6) is 0 Å². The molecule has 1 heterocycles. The zero-order valence-electron chi connectivity index (χ0n) is 10.7. The molecule has 0 saturated carbocycles. The van der Waals surface area contributed by atoms with Crippen LogP contribution in [0.2, 0.25) is 5.02 Å². The Kier molecular flexibility index (Phi) is 3.16. The molecule has 0 aliphatic carbocycles. The van der Waals surface area contributed by atoms with E-state index >= 15 is 0 Å². The van der Waals surface area contributed by atoms with Gasteiger partial charge in [0.05, 0.1) is 16.7 Å². The first-order chi connectivity index (χ1) is 10.1. The van der Waals surface area contributed by atoms with Gasteiger partial charge in [-0.05, 0) is 36.4 Å². The van der Waals surface area contributed by atoms with Gasteiger partial charge in [-0.25, -0.2) is 4.39 Å². The van der Waals surface area contributed by atoms with Gasteiger partial charge >= 0.3 is 0 Å². The predicted molar refractivity (Wildman–Crippen MR) is 80.0 cm³/mol. The number of nitrogens with two attached hydrogens (primary N) is 1. The van der Waals surface area contributed by atoms with Crippen LogP contribution in [-0.2, 0) is 0 Å². The van der Waals surface area contributed by atoms with Crippen LogP contribution in [0.15, 0.2) is 40.8 Å². The van der Waals surface area contributed by atoms with E-state index < -0.39 is 5.82 Å². The molecule has 0 radical (unpaired) electrons. The molecule has 0 aliphatic heterocycles. The third-order valence-corrected chi connectivity index (χ3v) is 3.32. The van der Waals surface area contributed by atoms with Crippen LogP contribution >= 0.6 is 11.6 Å². The highest BCUT2D eigenvalue weighted by atomic mass is 35.5. The van der Waals surface area contributed by atoms with Crippen LogP contribution in [0.25, 0.3) is 11.0 Å². The largest absolute Gasteiger partial charge is 0.439 e. The molecule has 0 aliphatic rings. The zero-order valence-corrected chi connectivity index (χ0v) is 11.4. The lowest BCUT2D eigenvalue weighted by molar-refractivity contribution is 0.628. The smallest absolute Gasteiger partial charge is 0.215 e. The van der Waals surface area contributed by atoms with Gasteiger partial charge in [-0.15, -0.1) is 0 Å². The fraction of sp³-hybridized carbons (Fsp3) is 0. The zero-order chi connectivity index (χ0) is 15.0. The molecule has 4 nitrogen and oxygen atoms in total. The van der Waals surface area contributed by atoms with Crippen molar-refractivity contribution in [2.24, 2.45) is 0 Å². The van der Waals surface area contributed by atoms with Crippen molar-refractivity contribution in [3.63, 3.8) is 0 Å². The highest BCUT2D eigenvalue weighted by Gasteiger charge is 2.13. The summed E-state index contributed by atoms with van der Waals surface area (Å²) in [5.74, 6) is -0.313. The third kappa shape index (κ3) is 2.37. The number of hydrogen-bond donors (Lipinski definition) is 2. The van der Waals surface area contributed by atoms with Crippen molar-refractivity contribution < 1.29 is 8.81 Å². The van der Waals surface area contributed by atoms with Crippen molar-refractivity contribution in [1.82, 2.24) is 0 Å². The molecule has 0 bridgehead atoms. The maximum Gasteiger partial charge on any atom is 0.215 e. The molecule has 0 spiro atoms. The molecule has 3 aromatic rings. The molecule has 21 heavy (non-hydrogen) atoms. The van der Waals surface area contributed by atoms with Crippen LogP contribution in [0.3, 0.4) is 0 Å². The summed E-state index contributed by atoms with van der Waals surface area (Å²) in [6.07, 6.45) is 0. The summed E-state index contributed by atoms with van der Waals surface area (Å²) < 4.78 is 18.6. The molecular weight excluding hydrogens is 293 g/mol. The Morgan fingerprint density at radius 3 is 2.76 bits per heavy atom.